The average Bonchev–Trinajstić information content (AvgIpc) is 2.31. The van der Waals surface area contributed by atoms with E-state index in [-0.39, 0.29) is 0 Å². The quantitative estimate of drug-likeness (QED) is 0.702. The van der Waals surface area contributed by atoms with Gasteiger partial charge in [-0.2, -0.15) is 4.98 Å². The Bertz CT molecular complexity index is 366. The van der Waals surface area contributed by atoms with E-state index < -0.39 is 0 Å². The van der Waals surface area contributed by atoms with E-state index in [9.17, 15) is 0 Å². The van der Waals surface area contributed by atoms with Crippen LogP contribution in [0.3, 0.4) is 0 Å². The lowest BCUT2D eigenvalue weighted by atomic mass is 10.4. The minimum atomic E-state index is 0.543. The first-order chi connectivity index (χ1) is 8.26. The molecule has 1 heterocycles. The van der Waals surface area contributed by atoms with Gasteiger partial charge in [0.15, 0.2) is 0 Å². The number of nitrogens with one attached hydrogen (secondary N) is 1. The van der Waals surface area contributed by atoms with Gasteiger partial charge in [-0.25, -0.2) is 4.98 Å². The first kappa shape index (κ1) is 13.4. The summed E-state index contributed by atoms with van der Waals surface area (Å²) in [6.45, 7) is 5.85. The van der Waals surface area contributed by atoms with E-state index in [2.05, 4.69) is 22.2 Å². The van der Waals surface area contributed by atoms with Gasteiger partial charge < -0.3 is 15.8 Å². The van der Waals surface area contributed by atoms with Crippen LogP contribution in [-0.4, -0.2) is 29.7 Å². The summed E-state index contributed by atoms with van der Waals surface area (Å²) < 4.78 is 5.47. The van der Waals surface area contributed by atoms with Crippen molar-refractivity contribution >= 4 is 5.95 Å². The Hall–Kier alpha value is -1.62. The minimum absolute atomic E-state index is 0.543. The molecule has 0 atom stereocenters. The fourth-order valence-electron chi connectivity index (χ4n) is 1.23. The molecule has 5 nitrogen and oxygen atoms in total. The summed E-state index contributed by atoms with van der Waals surface area (Å²) >= 11 is 0. The molecular formula is C12H20N4O. The minimum Gasteiger partial charge on any atom is -0.478 e. The Morgan fingerprint density at radius 2 is 2.24 bits per heavy atom. The van der Waals surface area contributed by atoms with Crippen molar-refractivity contribution in [3.05, 3.63) is 23.9 Å². The van der Waals surface area contributed by atoms with E-state index in [4.69, 9.17) is 10.5 Å². The van der Waals surface area contributed by atoms with Crippen molar-refractivity contribution < 1.29 is 4.74 Å². The third kappa shape index (κ3) is 5.31. The molecule has 0 unspecified atom stereocenters. The highest BCUT2D eigenvalue weighted by Gasteiger charge is 2.01. The second kappa shape index (κ2) is 7.62. The zero-order valence-corrected chi connectivity index (χ0v) is 10.4. The maximum atomic E-state index is 5.47. The fourth-order valence-corrected chi connectivity index (χ4v) is 1.23. The molecule has 0 bridgehead atoms. The Labute approximate surface area is 102 Å². The highest BCUT2D eigenvalue weighted by atomic mass is 16.5. The largest absolute Gasteiger partial charge is 0.478 e. The molecule has 0 fully saturated rings. The van der Waals surface area contributed by atoms with Gasteiger partial charge in [0, 0.05) is 24.8 Å². The molecule has 1 aromatic heterocycles. The number of aryl methyl sites for hydroxylation is 1. The van der Waals surface area contributed by atoms with Gasteiger partial charge in [-0.1, -0.05) is 19.1 Å². The van der Waals surface area contributed by atoms with Crippen molar-refractivity contribution in [3.8, 4) is 5.88 Å². The monoisotopic (exact) mass is 236 g/mol. The van der Waals surface area contributed by atoms with Crippen LogP contribution in [0.15, 0.2) is 18.2 Å². The highest BCUT2D eigenvalue weighted by molar-refractivity contribution is 5.31. The molecule has 1 rings (SSSR count). The van der Waals surface area contributed by atoms with Crippen molar-refractivity contribution in [2.24, 2.45) is 5.73 Å². The molecule has 5 heteroatoms. The summed E-state index contributed by atoms with van der Waals surface area (Å²) in [5.41, 5.74) is 6.23. The van der Waals surface area contributed by atoms with Crippen molar-refractivity contribution in [2.75, 3.05) is 25.0 Å². The smallest absolute Gasteiger partial charge is 0.226 e. The molecule has 1 aromatic rings. The molecule has 0 saturated heterocycles. The van der Waals surface area contributed by atoms with Crippen LogP contribution in [0.4, 0.5) is 5.95 Å². The van der Waals surface area contributed by atoms with Gasteiger partial charge in [0.05, 0.1) is 6.61 Å². The summed E-state index contributed by atoms with van der Waals surface area (Å²) in [4.78, 5) is 8.53. The Morgan fingerprint density at radius 1 is 1.41 bits per heavy atom. The molecular weight excluding hydrogens is 216 g/mol. The van der Waals surface area contributed by atoms with Crippen molar-refractivity contribution in [3.63, 3.8) is 0 Å². The Balaban J connectivity index is 2.58. The molecule has 0 saturated carbocycles. The standard InChI is InChI=1S/C12H20N4O/c1-3-8-17-11-9-10(2)15-12(16-11)14-7-5-4-6-13/h4-5,9H,3,6-8,13H2,1-2H3,(H,14,15,16)/b5-4+. The molecule has 0 aliphatic rings. The number of nitrogens with zero attached hydrogens (tertiary/aromatic N) is 2. The van der Waals surface area contributed by atoms with Crippen LogP contribution in [-0.2, 0) is 0 Å². The van der Waals surface area contributed by atoms with Crippen LogP contribution >= 0.6 is 0 Å². The maximum absolute atomic E-state index is 5.47. The number of hydrogen-bond donors (Lipinski definition) is 2. The summed E-state index contributed by atoms with van der Waals surface area (Å²) in [6.07, 6.45) is 4.79. The van der Waals surface area contributed by atoms with E-state index in [0.29, 0.717) is 31.5 Å². The maximum Gasteiger partial charge on any atom is 0.226 e. The topological polar surface area (TPSA) is 73.1 Å². The van der Waals surface area contributed by atoms with Crippen LogP contribution in [0.5, 0.6) is 5.88 Å². The lowest BCUT2D eigenvalue weighted by Crippen LogP contribution is -2.07. The summed E-state index contributed by atoms with van der Waals surface area (Å²) in [5, 5.41) is 3.09. The van der Waals surface area contributed by atoms with Crippen LogP contribution in [0.1, 0.15) is 19.0 Å². The van der Waals surface area contributed by atoms with E-state index in [1.165, 1.54) is 0 Å². The van der Waals surface area contributed by atoms with Crippen LogP contribution in [0.25, 0.3) is 0 Å². The van der Waals surface area contributed by atoms with Gasteiger partial charge >= 0.3 is 0 Å². The highest BCUT2D eigenvalue weighted by Crippen LogP contribution is 2.11. The zero-order valence-electron chi connectivity index (χ0n) is 10.4. The summed E-state index contributed by atoms with van der Waals surface area (Å²) in [6, 6.07) is 1.83. The Morgan fingerprint density at radius 3 is 2.94 bits per heavy atom. The van der Waals surface area contributed by atoms with E-state index in [0.717, 1.165) is 12.1 Å². The van der Waals surface area contributed by atoms with Gasteiger partial charge in [0.25, 0.3) is 0 Å². The number of hydrogen-bond acceptors (Lipinski definition) is 5. The van der Waals surface area contributed by atoms with Gasteiger partial charge in [-0.15, -0.1) is 0 Å². The third-order valence-corrected chi connectivity index (χ3v) is 1.97. The van der Waals surface area contributed by atoms with Crippen molar-refractivity contribution in [1.29, 1.82) is 0 Å². The number of nitrogens with two attached hydrogens (primary N) is 1. The molecule has 3 N–H and O–H groups in total. The fraction of sp³-hybridized carbons (Fsp3) is 0.500. The number of aromatic nitrogens is 2. The van der Waals surface area contributed by atoms with Gasteiger partial charge in [-0.05, 0) is 13.3 Å². The van der Waals surface area contributed by atoms with Crippen molar-refractivity contribution in [1.82, 2.24) is 9.97 Å². The molecule has 17 heavy (non-hydrogen) atoms. The molecule has 0 aliphatic carbocycles. The molecule has 0 radical (unpaired) electrons. The van der Waals surface area contributed by atoms with Crippen LogP contribution in [0.2, 0.25) is 0 Å². The van der Waals surface area contributed by atoms with E-state index >= 15 is 0 Å². The predicted octanol–water partition coefficient (Wildman–Crippen LogP) is 1.50. The normalized spacial score (nSPS) is 10.8. The van der Waals surface area contributed by atoms with Crippen molar-refractivity contribution in [2.45, 2.75) is 20.3 Å². The Kier molecular flexibility index (Phi) is 6.03. The first-order valence-corrected chi connectivity index (χ1v) is 5.83. The molecule has 0 aromatic carbocycles. The van der Waals surface area contributed by atoms with Gasteiger partial charge in [0.1, 0.15) is 0 Å². The van der Waals surface area contributed by atoms with Gasteiger partial charge in [-0.3, -0.25) is 0 Å². The number of anilines is 1. The summed E-state index contributed by atoms with van der Waals surface area (Å²) in [7, 11) is 0. The number of ether oxygens (including phenoxy) is 1. The molecule has 94 valence electrons. The summed E-state index contributed by atoms with van der Waals surface area (Å²) in [5.74, 6) is 1.20. The predicted molar refractivity (Wildman–Crippen MR) is 69.2 cm³/mol. The molecule has 0 spiro atoms. The lowest BCUT2D eigenvalue weighted by molar-refractivity contribution is 0.305. The second-order valence-electron chi connectivity index (χ2n) is 3.61. The van der Waals surface area contributed by atoms with E-state index in [1.54, 1.807) is 0 Å². The average molecular weight is 236 g/mol. The zero-order chi connectivity index (χ0) is 12.5. The van der Waals surface area contributed by atoms with E-state index in [1.807, 2.05) is 25.1 Å². The lowest BCUT2D eigenvalue weighted by Gasteiger charge is -2.07. The second-order valence-corrected chi connectivity index (χ2v) is 3.61. The molecule has 0 aliphatic heterocycles. The van der Waals surface area contributed by atoms with Crippen LogP contribution in [0, 0.1) is 6.92 Å². The first-order valence-electron chi connectivity index (χ1n) is 5.83. The molecule has 0 amide bonds. The van der Waals surface area contributed by atoms with Gasteiger partial charge in [0.2, 0.25) is 11.8 Å². The SMILES string of the molecule is CCCOc1cc(C)nc(NC/C=C/CN)n1. The number of rotatable bonds is 7. The van der Waals surface area contributed by atoms with Crippen LogP contribution < -0.4 is 15.8 Å². The third-order valence-electron chi connectivity index (χ3n) is 1.97.